The van der Waals surface area contributed by atoms with Crippen molar-refractivity contribution in [2.45, 2.75) is 26.3 Å². The lowest BCUT2D eigenvalue weighted by Crippen LogP contribution is -2.37. The first-order chi connectivity index (χ1) is 14.1. The molecule has 150 valence electrons. The topological polar surface area (TPSA) is 58.1 Å². The molecule has 1 amide bonds. The Balaban J connectivity index is 1.33. The number of piperidine rings is 1. The lowest BCUT2D eigenvalue weighted by atomic mass is 9.95. The molecular formula is C22H23FN4OS. The zero-order valence-electron chi connectivity index (χ0n) is 16.3. The SMILES string of the molecule is Cc1nnc(-c2cccc(NC(=O)C3CCN(Cc4ccccc4F)CC3)c2)s1. The third-order valence-electron chi connectivity index (χ3n) is 5.21. The molecule has 3 aromatic rings. The molecule has 0 saturated carbocycles. The van der Waals surface area contributed by atoms with Crippen LogP contribution in [0, 0.1) is 18.7 Å². The van der Waals surface area contributed by atoms with Gasteiger partial charge in [0.05, 0.1) is 0 Å². The third-order valence-corrected chi connectivity index (χ3v) is 6.10. The molecule has 0 atom stereocenters. The van der Waals surface area contributed by atoms with E-state index in [4.69, 9.17) is 0 Å². The molecule has 1 saturated heterocycles. The van der Waals surface area contributed by atoms with Crippen LogP contribution in [0.15, 0.2) is 48.5 Å². The fraction of sp³-hybridized carbons (Fsp3) is 0.318. The Morgan fingerprint density at radius 2 is 1.97 bits per heavy atom. The van der Waals surface area contributed by atoms with Crippen LogP contribution in [0.1, 0.15) is 23.4 Å². The van der Waals surface area contributed by atoms with Crippen LogP contribution < -0.4 is 5.32 Å². The minimum Gasteiger partial charge on any atom is -0.326 e. The molecule has 4 rings (SSSR count). The van der Waals surface area contributed by atoms with E-state index in [0.29, 0.717) is 12.1 Å². The van der Waals surface area contributed by atoms with Crippen LogP contribution in [0.4, 0.5) is 10.1 Å². The number of carbonyl (C=O) groups is 1. The zero-order valence-corrected chi connectivity index (χ0v) is 17.1. The average Bonchev–Trinajstić information content (AvgIpc) is 3.17. The molecule has 29 heavy (non-hydrogen) atoms. The Hall–Kier alpha value is -2.64. The highest BCUT2D eigenvalue weighted by Gasteiger charge is 2.25. The number of amides is 1. The molecule has 1 N–H and O–H groups in total. The predicted molar refractivity (Wildman–Crippen MR) is 113 cm³/mol. The number of likely N-dealkylation sites (tertiary alicyclic amines) is 1. The Kier molecular flexibility index (Phi) is 5.97. The van der Waals surface area contributed by atoms with Crippen molar-refractivity contribution in [3.05, 3.63) is 64.9 Å². The number of aromatic nitrogens is 2. The van der Waals surface area contributed by atoms with Gasteiger partial charge in [-0.05, 0) is 51.1 Å². The quantitative estimate of drug-likeness (QED) is 0.673. The van der Waals surface area contributed by atoms with Gasteiger partial charge in [-0.1, -0.05) is 41.7 Å². The van der Waals surface area contributed by atoms with Gasteiger partial charge in [-0.3, -0.25) is 9.69 Å². The Labute approximate surface area is 173 Å². The van der Waals surface area contributed by atoms with Crippen molar-refractivity contribution in [1.82, 2.24) is 15.1 Å². The molecule has 0 unspecified atom stereocenters. The van der Waals surface area contributed by atoms with E-state index in [1.807, 2.05) is 43.3 Å². The second kappa shape index (κ2) is 8.80. The average molecular weight is 411 g/mol. The number of aryl methyl sites for hydroxylation is 1. The van der Waals surface area contributed by atoms with Gasteiger partial charge < -0.3 is 5.32 Å². The zero-order chi connectivity index (χ0) is 20.2. The summed E-state index contributed by atoms with van der Waals surface area (Å²) in [6, 6.07) is 14.6. The second-order valence-corrected chi connectivity index (χ2v) is 8.52. The highest BCUT2D eigenvalue weighted by atomic mass is 32.1. The molecule has 1 aromatic heterocycles. The first-order valence-electron chi connectivity index (χ1n) is 9.75. The molecule has 0 radical (unpaired) electrons. The van der Waals surface area contributed by atoms with E-state index in [1.165, 1.54) is 17.4 Å². The summed E-state index contributed by atoms with van der Waals surface area (Å²) in [6.45, 7) is 4.09. The third kappa shape index (κ3) is 4.86. The maximum Gasteiger partial charge on any atom is 0.227 e. The molecule has 2 aromatic carbocycles. The largest absolute Gasteiger partial charge is 0.326 e. The van der Waals surface area contributed by atoms with Gasteiger partial charge in [0.15, 0.2) is 0 Å². The molecule has 1 fully saturated rings. The van der Waals surface area contributed by atoms with Gasteiger partial charge in [-0.2, -0.15) is 0 Å². The number of anilines is 1. The van der Waals surface area contributed by atoms with Crippen LogP contribution in [-0.4, -0.2) is 34.1 Å². The van der Waals surface area contributed by atoms with Gasteiger partial charge >= 0.3 is 0 Å². The molecule has 5 nitrogen and oxygen atoms in total. The highest BCUT2D eigenvalue weighted by Crippen LogP contribution is 2.27. The van der Waals surface area contributed by atoms with Crippen molar-refractivity contribution in [2.75, 3.05) is 18.4 Å². The Bertz CT molecular complexity index is 998. The number of halogens is 1. The van der Waals surface area contributed by atoms with Crippen LogP contribution in [-0.2, 0) is 11.3 Å². The van der Waals surface area contributed by atoms with Gasteiger partial charge in [0, 0.05) is 29.3 Å². The molecule has 0 aliphatic carbocycles. The summed E-state index contributed by atoms with van der Waals surface area (Å²) >= 11 is 1.53. The number of benzene rings is 2. The van der Waals surface area contributed by atoms with Crippen molar-refractivity contribution in [3.63, 3.8) is 0 Å². The minimum absolute atomic E-state index is 0.0284. The van der Waals surface area contributed by atoms with Gasteiger partial charge in [0.1, 0.15) is 15.8 Å². The molecule has 7 heteroatoms. The van der Waals surface area contributed by atoms with Crippen molar-refractivity contribution in [3.8, 4) is 10.6 Å². The van der Waals surface area contributed by atoms with Gasteiger partial charge in [0.2, 0.25) is 5.91 Å². The van der Waals surface area contributed by atoms with Crippen molar-refractivity contribution < 1.29 is 9.18 Å². The summed E-state index contributed by atoms with van der Waals surface area (Å²) in [7, 11) is 0. The molecular weight excluding hydrogens is 387 g/mol. The molecule has 1 aliphatic rings. The number of carbonyl (C=O) groups excluding carboxylic acids is 1. The normalized spacial score (nSPS) is 15.4. The smallest absolute Gasteiger partial charge is 0.227 e. The highest BCUT2D eigenvalue weighted by molar-refractivity contribution is 7.14. The van der Waals surface area contributed by atoms with E-state index in [9.17, 15) is 9.18 Å². The summed E-state index contributed by atoms with van der Waals surface area (Å²) in [6.07, 6.45) is 1.55. The van der Waals surface area contributed by atoms with E-state index in [-0.39, 0.29) is 17.6 Å². The summed E-state index contributed by atoms with van der Waals surface area (Å²) in [4.78, 5) is 14.9. The van der Waals surface area contributed by atoms with Crippen LogP contribution in [0.25, 0.3) is 10.6 Å². The van der Waals surface area contributed by atoms with E-state index in [2.05, 4.69) is 20.4 Å². The van der Waals surface area contributed by atoms with E-state index in [1.54, 1.807) is 6.07 Å². The molecule has 0 spiro atoms. The Morgan fingerprint density at radius 3 is 2.69 bits per heavy atom. The van der Waals surface area contributed by atoms with Gasteiger partial charge in [0.25, 0.3) is 0 Å². The summed E-state index contributed by atoms with van der Waals surface area (Å²) in [5, 5.41) is 13.0. The van der Waals surface area contributed by atoms with Crippen molar-refractivity contribution in [2.24, 2.45) is 5.92 Å². The summed E-state index contributed by atoms with van der Waals surface area (Å²) in [5.41, 5.74) is 2.43. The van der Waals surface area contributed by atoms with E-state index >= 15 is 0 Å². The van der Waals surface area contributed by atoms with Crippen LogP contribution in [0.5, 0.6) is 0 Å². The lowest BCUT2D eigenvalue weighted by molar-refractivity contribution is -0.121. The first-order valence-corrected chi connectivity index (χ1v) is 10.6. The monoisotopic (exact) mass is 410 g/mol. The van der Waals surface area contributed by atoms with Crippen LogP contribution in [0.2, 0.25) is 0 Å². The number of rotatable bonds is 5. The first kappa shape index (κ1) is 19.7. The number of hydrogen-bond donors (Lipinski definition) is 1. The van der Waals surface area contributed by atoms with Crippen LogP contribution >= 0.6 is 11.3 Å². The fourth-order valence-corrected chi connectivity index (χ4v) is 4.30. The summed E-state index contributed by atoms with van der Waals surface area (Å²) in [5.74, 6) is -0.154. The molecule has 2 heterocycles. The van der Waals surface area contributed by atoms with E-state index in [0.717, 1.165) is 47.2 Å². The minimum atomic E-state index is -0.169. The van der Waals surface area contributed by atoms with E-state index < -0.39 is 0 Å². The molecule has 0 bridgehead atoms. The lowest BCUT2D eigenvalue weighted by Gasteiger charge is -2.31. The molecule has 1 aliphatic heterocycles. The number of nitrogens with one attached hydrogen (secondary N) is 1. The predicted octanol–water partition coefficient (Wildman–Crippen LogP) is 4.50. The van der Waals surface area contributed by atoms with Gasteiger partial charge in [-0.25, -0.2) is 4.39 Å². The maximum atomic E-state index is 13.8. The standard InChI is InChI=1S/C22H23FN4OS/c1-15-25-26-22(29-15)17-6-4-7-19(13-17)24-21(28)16-9-11-27(12-10-16)14-18-5-2-3-8-20(18)23/h2-8,13,16H,9-12,14H2,1H3,(H,24,28). The van der Waals surface area contributed by atoms with Crippen molar-refractivity contribution in [1.29, 1.82) is 0 Å². The maximum absolute atomic E-state index is 13.8. The van der Waals surface area contributed by atoms with Gasteiger partial charge in [-0.15, -0.1) is 10.2 Å². The number of nitrogens with zero attached hydrogens (tertiary/aromatic N) is 3. The van der Waals surface area contributed by atoms with Crippen molar-refractivity contribution >= 4 is 22.9 Å². The number of hydrogen-bond acceptors (Lipinski definition) is 5. The second-order valence-electron chi connectivity index (χ2n) is 7.34. The van der Waals surface area contributed by atoms with Crippen LogP contribution in [0.3, 0.4) is 0 Å². The fourth-order valence-electron chi connectivity index (χ4n) is 3.61. The summed E-state index contributed by atoms with van der Waals surface area (Å²) < 4.78 is 13.8. The Morgan fingerprint density at radius 1 is 1.17 bits per heavy atom.